The molecule has 0 spiro atoms. The summed E-state index contributed by atoms with van der Waals surface area (Å²) in [4.78, 5) is 53.3. The Balaban J connectivity index is 2.08. The lowest BCUT2D eigenvalue weighted by Crippen LogP contribution is -2.46. The minimum atomic E-state index is -0.884. The molecule has 32 heavy (non-hydrogen) atoms. The van der Waals surface area contributed by atoms with E-state index in [4.69, 9.17) is 4.74 Å². The molecule has 172 valence electrons. The van der Waals surface area contributed by atoms with Crippen LogP contribution in [0.1, 0.15) is 36.8 Å². The van der Waals surface area contributed by atoms with E-state index >= 15 is 0 Å². The topological polar surface area (TPSA) is 132 Å². The van der Waals surface area contributed by atoms with Crippen molar-refractivity contribution in [3.8, 4) is 0 Å². The van der Waals surface area contributed by atoms with Crippen molar-refractivity contribution in [2.45, 2.75) is 42.5 Å². The third kappa shape index (κ3) is 7.61. The molecule has 1 heterocycles. The molecule has 1 aromatic heterocycles. The summed E-state index contributed by atoms with van der Waals surface area (Å²) in [6, 6.07) is 3.84. The number of amides is 2. The Labute approximate surface area is 193 Å². The largest absolute Gasteiger partial charge is 0.452 e. The van der Waals surface area contributed by atoms with E-state index in [1.54, 1.807) is 0 Å². The molecular formula is C20H24N4O6S2. The van der Waals surface area contributed by atoms with Gasteiger partial charge in [0, 0.05) is 40.7 Å². The van der Waals surface area contributed by atoms with Crippen LogP contribution in [0.2, 0.25) is 0 Å². The highest BCUT2D eigenvalue weighted by molar-refractivity contribution is 8.01. The number of nitro groups is 1. The Morgan fingerprint density at radius 2 is 2.00 bits per heavy atom. The van der Waals surface area contributed by atoms with E-state index in [9.17, 15) is 24.5 Å². The van der Waals surface area contributed by atoms with Crippen LogP contribution in [0.25, 0.3) is 0 Å². The number of nitrogens with one attached hydrogen (secondary N) is 1. The molecule has 0 aliphatic carbocycles. The van der Waals surface area contributed by atoms with E-state index in [0.717, 1.165) is 16.7 Å². The van der Waals surface area contributed by atoms with Crippen molar-refractivity contribution in [1.29, 1.82) is 0 Å². The average molecular weight is 481 g/mol. The van der Waals surface area contributed by atoms with Crippen molar-refractivity contribution < 1.29 is 24.0 Å². The smallest absolute Gasteiger partial charge is 0.340 e. The predicted molar refractivity (Wildman–Crippen MR) is 120 cm³/mol. The maximum absolute atomic E-state index is 12.6. The van der Waals surface area contributed by atoms with Gasteiger partial charge in [-0.3, -0.25) is 19.7 Å². The van der Waals surface area contributed by atoms with Crippen LogP contribution in [0.3, 0.4) is 0 Å². The van der Waals surface area contributed by atoms with Gasteiger partial charge in [0.2, 0.25) is 5.91 Å². The second-order valence-corrected chi connectivity index (χ2v) is 10.1. The zero-order chi connectivity index (χ0) is 24.1. The fourth-order valence-corrected chi connectivity index (χ4v) is 4.32. The minimum Gasteiger partial charge on any atom is -0.452 e. The van der Waals surface area contributed by atoms with Crippen LogP contribution in [0, 0.1) is 17.0 Å². The number of thiazole rings is 1. The first kappa shape index (κ1) is 25.3. The Bertz CT molecular complexity index is 1030. The molecule has 0 aliphatic heterocycles. The first-order chi connectivity index (χ1) is 14.9. The molecule has 0 saturated carbocycles. The van der Waals surface area contributed by atoms with E-state index in [-0.39, 0.29) is 23.7 Å². The number of non-ortho nitro benzene ring substituents is 1. The van der Waals surface area contributed by atoms with Gasteiger partial charge in [0.1, 0.15) is 0 Å². The fourth-order valence-electron chi connectivity index (χ4n) is 2.43. The summed E-state index contributed by atoms with van der Waals surface area (Å²) in [6.07, 6.45) is 0. The van der Waals surface area contributed by atoms with Gasteiger partial charge in [-0.25, -0.2) is 9.78 Å². The van der Waals surface area contributed by atoms with Crippen LogP contribution in [0.5, 0.6) is 0 Å². The summed E-state index contributed by atoms with van der Waals surface area (Å²) >= 11 is 2.55. The predicted octanol–water partition coefficient (Wildman–Crippen LogP) is 3.04. The highest BCUT2D eigenvalue weighted by atomic mass is 32.2. The van der Waals surface area contributed by atoms with E-state index in [1.165, 1.54) is 42.3 Å². The molecule has 2 rings (SSSR count). The van der Waals surface area contributed by atoms with Gasteiger partial charge in [-0.1, -0.05) is 11.8 Å². The summed E-state index contributed by atoms with van der Waals surface area (Å²) in [5, 5.41) is 15.7. The first-order valence-corrected chi connectivity index (χ1v) is 11.2. The zero-order valence-electron chi connectivity index (χ0n) is 18.3. The van der Waals surface area contributed by atoms with E-state index in [1.807, 2.05) is 33.1 Å². The molecule has 1 aromatic carbocycles. The molecule has 0 saturated heterocycles. The SMILES string of the molecule is Cc1csc(Sc2ccc([N+](=O)[O-])cc2C(=O)OCC(=O)N(C)CC(=O)NC(C)(C)C)n1. The fraction of sp³-hybridized carbons (Fsp3) is 0.400. The molecule has 0 fully saturated rings. The summed E-state index contributed by atoms with van der Waals surface area (Å²) < 4.78 is 5.76. The number of carbonyl (C=O) groups is 3. The van der Waals surface area contributed by atoms with E-state index < -0.39 is 28.9 Å². The Kier molecular flexibility index (Phi) is 8.33. The number of rotatable bonds is 8. The molecule has 0 bridgehead atoms. The number of carbonyl (C=O) groups excluding carboxylic acids is 3. The van der Waals surface area contributed by atoms with Gasteiger partial charge < -0.3 is 15.0 Å². The van der Waals surface area contributed by atoms with Crippen LogP contribution in [0.15, 0.2) is 32.8 Å². The van der Waals surface area contributed by atoms with Crippen LogP contribution in [0.4, 0.5) is 5.69 Å². The number of aromatic nitrogens is 1. The number of hydrogen-bond acceptors (Lipinski definition) is 9. The molecule has 2 amide bonds. The van der Waals surface area contributed by atoms with E-state index in [2.05, 4.69) is 10.3 Å². The third-order valence-electron chi connectivity index (χ3n) is 3.84. The van der Waals surface area contributed by atoms with Gasteiger partial charge in [0.25, 0.3) is 11.6 Å². The highest BCUT2D eigenvalue weighted by Crippen LogP contribution is 2.34. The summed E-state index contributed by atoms with van der Waals surface area (Å²) in [5.74, 6) is -1.82. The van der Waals surface area contributed by atoms with Crippen molar-refractivity contribution >= 4 is 46.6 Å². The second kappa shape index (κ2) is 10.6. The van der Waals surface area contributed by atoms with Gasteiger partial charge in [0.05, 0.1) is 17.0 Å². The first-order valence-electron chi connectivity index (χ1n) is 9.46. The van der Waals surface area contributed by atoms with Crippen molar-refractivity contribution in [2.75, 3.05) is 20.2 Å². The number of nitrogens with zero attached hydrogens (tertiary/aromatic N) is 3. The normalized spacial score (nSPS) is 11.0. The van der Waals surface area contributed by atoms with Crippen molar-refractivity contribution in [3.05, 3.63) is 45.0 Å². The summed E-state index contributed by atoms with van der Waals surface area (Å²) in [5.41, 5.74) is 0.0454. The maximum Gasteiger partial charge on any atom is 0.340 e. The second-order valence-electron chi connectivity index (χ2n) is 7.92. The van der Waals surface area contributed by atoms with Crippen LogP contribution in [-0.4, -0.2) is 58.3 Å². The Morgan fingerprint density at radius 3 is 2.56 bits per heavy atom. The molecule has 2 aromatic rings. The van der Waals surface area contributed by atoms with Crippen LogP contribution in [-0.2, 0) is 14.3 Å². The molecule has 0 atom stereocenters. The average Bonchev–Trinajstić information content (AvgIpc) is 3.08. The lowest BCUT2D eigenvalue weighted by atomic mass is 10.1. The lowest BCUT2D eigenvalue weighted by molar-refractivity contribution is -0.384. The summed E-state index contributed by atoms with van der Waals surface area (Å²) in [6.45, 7) is 6.47. The maximum atomic E-state index is 12.6. The quantitative estimate of drug-likeness (QED) is 0.346. The number of aryl methyl sites for hydroxylation is 1. The molecule has 0 unspecified atom stereocenters. The van der Waals surface area contributed by atoms with Crippen LogP contribution < -0.4 is 5.32 Å². The molecule has 0 radical (unpaired) electrons. The number of esters is 1. The number of benzene rings is 1. The third-order valence-corrected chi connectivity index (χ3v) is 5.97. The number of ether oxygens (including phenoxy) is 1. The highest BCUT2D eigenvalue weighted by Gasteiger charge is 2.22. The van der Waals surface area contributed by atoms with Gasteiger partial charge >= 0.3 is 5.97 Å². The van der Waals surface area contributed by atoms with Crippen molar-refractivity contribution in [1.82, 2.24) is 15.2 Å². The van der Waals surface area contributed by atoms with Gasteiger partial charge in [0.15, 0.2) is 10.9 Å². The molecule has 10 nitrogen and oxygen atoms in total. The van der Waals surface area contributed by atoms with Gasteiger partial charge in [-0.15, -0.1) is 11.3 Å². The van der Waals surface area contributed by atoms with E-state index in [0.29, 0.717) is 9.24 Å². The molecular weight excluding hydrogens is 456 g/mol. The summed E-state index contributed by atoms with van der Waals surface area (Å²) in [7, 11) is 1.41. The van der Waals surface area contributed by atoms with Crippen molar-refractivity contribution in [2.24, 2.45) is 0 Å². The van der Waals surface area contributed by atoms with Gasteiger partial charge in [-0.2, -0.15) is 0 Å². The number of likely N-dealkylation sites (N-methyl/N-ethyl adjacent to an activating group) is 1. The van der Waals surface area contributed by atoms with Crippen LogP contribution >= 0.6 is 23.1 Å². The lowest BCUT2D eigenvalue weighted by Gasteiger charge is -2.23. The van der Waals surface area contributed by atoms with Gasteiger partial charge in [-0.05, 0) is 33.8 Å². The molecule has 1 N–H and O–H groups in total. The Morgan fingerprint density at radius 1 is 1.31 bits per heavy atom. The zero-order valence-corrected chi connectivity index (χ0v) is 20.0. The number of hydrogen-bond donors (Lipinski definition) is 1. The Hall–Kier alpha value is -2.99. The minimum absolute atomic E-state index is 0.0435. The standard InChI is InChI=1S/C20H24N4O6S2/c1-12-11-31-19(21-12)32-15-7-6-13(24(28)29)8-14(15)18(27)30-10-17(26)23(5)9-16(25)22-20(2,3)4/h6-8,11H,9-10H2,1-5H3,(H,22,25). The molecule has 12 heteroatoms. The molecule has 0 aliphatic rings. The number of nitro benzene ring substituents is 1. The van der Waals surface area contributed by atoms with Crippen molar-refractivity contribution in [3.63, 3.8) is 0 Å². The monoisotopic (exact) mass is 480 g/mol.